The molecule has 0 aliphatic carbocycles. The first-order chi connectivity index (χ1) is 17.9. The number of halogens is 1. The highest BCUT2D eigenvalue weighted by Crippen LogP contribution is 2.33. The third-order valence-corrected chi connectivity index (χ3v) is 7.77. The summed E-state index contributed by atoms with van der Waals surface area (Å²) in [5.41, 5.74) is 4.63. The number of piperidine rings is 1. The van der Waals surface area contributed by atoms with Crippen molar-refractivity contribution in [3.8, 4) is 11.4 Å². The van der Waals surface area contributed by atoms with E-state index in [1.807, 2.05) is 24.9 Å². The zero-order valence-electron chi connectivity index (χ0n) is 21.8. The molecule has 4 heterocycles. The Morgan fingerprint density at radius 1 is 1.16 bits per heavy atom. The van der Waals surface area contributed by atoms with E-state index in [0.29, 0.717) is 32.3 Å². The number of nitrogens with one attached hydrogen (secondary N) is 2. The molecule has 0 bridgehead atoms. The largest absolute Gasteiger partial charge is 0.379 e. The summed E-state index contributed by atoms with van der Waals surface area (Å²) in [6, 6.07) is 8.66. The second kappa shape index (κ2) is 11.4. The number of hydrogen-bond acceptors (Lipinski definition) is 7. The minimum absolute atomic E-state index is 0.140. The number of H-pyrrole nitrogens is 1. The molecule has 2 aromatic heterocycles. The molecule has 2 fully saturated rings. The lowest BCUT2D eigenvalue weighted by Gasteiger charge is -2.35. The number of benzene rings is 1. The summed E-state index contributed by atoms with van der Waals surface area (Å²) in [5.74, 6) is 0.922. The van der Waals surface area contributed by atoms with Crippen molar-refractivity contribution in [1.29, 1.82) is 0 Å². The normalized spacial score (nSPS) is 17.8. The number of aromatic amines is 1. The van der Waals surface area contributed by atoms with Crippen LogP contribution in [0.2, 0.25) is 0 Å². The molecule has 2 saturated heterocycles. The second-order valence-corrected chi connectivity index (χ2v) is 11.1. The van der Waals surface area contributed by atoms with Crippen molar-refractivity contribution in [1.82, 2.24) is 24.8 Å². The van der Waals surface area contributed by atoms with E-state index in [2.05, 4.69) is 72.3 Å². The van der Waals surface area contributed by atoms with E-state index in [4.69, 9.17) is 9.72 Å². The average molecular weight is 571 g/mol. The number of pyridine rings is 1. The van der Waals surface area contributed by atoms with Crippen LogP contribution in [0, 0.1) is 0 Å². The molecule has 0 saturated carbocycles. The van der Waals surface area contributed by atoms with Crippen molar-refractivity contribution in [2.45, 2.75) is 38.8 Å². The van der Waals surface area contributed by atoms with Crippen molar-refractivity contribution in [2.75, 3.05) is 63.1 Å². The van der Waals surface area contributed by atoms with Crippen LogP contribution in [-0.2, 0) is 9.53 Å². The second-order valence-electron chi connectivity index (χ2n) is 10.3. The van der Waals surface area contributed by atoms with Gasteiger partial charge >= 0.3 is 0 Å². The predicted octanol–water partition coefficient (Wildman–Crippen LogP) is 3.97. The number of ether oxygens (including phenoxy) is 1. The average Bonchev–Trinajstić information content (AvgIpc) is 3.32. The molecule has 0 radical (unpaired) electrons. The molecule has 37 heavy (non-hydrogen) atoms. The topological polar surface area (TPSA) is 89.6 Å². The van der Waals surface area contributed by atoms with Crippen molar-refractivity contribution in [2.24, 2.45) is 0 Å². The van der Waals surface area contributed by atoms with Crippen LogP contribution >= 0.6 is 15.9 Å². The van der Waals surface area contributed by atoms with Gasteiger partial charge in [-0.3, -0.25) is 4.79 Å². The van der Waals surface area contributed by atoms with Crippen LogP contribution in [-0.4, -0.2) is 95.7 Å². The number of imidazole rings is 1. The van der Waals surface area contributed by atoms with E-state index in [1.54, 1.807) is 0 Å². The zero-order chi connectivity index (χ0) is 25.9. The lowest BCUT2D eigenvalue weighted by molar-refractivity contribution is -0.132. The summed E-state index contributed by atoms with van der Waals surface area (Å²) < 4.78 is 6.53. The van der Waals surface area contributed by atoms with Crippen molar-refractivity contribution in [3.63, 3.8) is 0 Å². The number of aromatic nitrogens is 3. The SMILES string of the molecule is CC(C)OCCN1CCN(c2ccc(-c3nc4c(NC5CCN(C)CC5)c(Br)cnc4[nH]3)cc2)CC1=O. The van der Waals surface area contributed by atoms with Gasteiger partial charge in [0.05, 0.1) is 29.4 Å². The van der Waals surface area contributed by atoms with Gasteiger partial charge in [0.1, 0.15) is 11.3 Å². The van der Waals surface area contributed by atoms with Gasteiger partial charge in [0.2, 0.25) is 5.91 Å². The molecule has 3 aromatic rings. The molecule has 0 spiro atoms. The summed E-state index contributed by atoms with van der Waals surface area (Å²) in [7, 11) is 2.17. The van der Waals surface area contributed by atoms with Crippen LogP contribution in [0.5, 0.6) is 0 Å². The maximum atomic E-state index is 12.7. The minimum Gasteiger partial charge on any atom is -0.379 e. The van der Waals surface area contributed by atoms with E-state index in [-0.39, 0.29) is 12.0 Å². The Bertz CT molecular complexity index is 1220. The van der Waals surface area contributed by atoms with Gasteiger partial charge in [-0.1, -0.05) is 0 Å². The van der Waals surface area contributed by atoms with E-state index in [1.165, 1.54) is 0 Å². The highest BCUT2D eigenvalue weighted by molar-refractivity contribution is 9.10. The lowest BCUT2D eigenvalue weighted by atomic mass is 10.1. The highest BCUT2D eigenvalue weighted by Gasteiger charge is 2.24. The van der Waals surface area contributed by atoms with Gasteiger partial charge in [0.25, 0.3) is 0 Å². The standard InChI is InChI=1S/C27H36BrN7O2/c1-18(2)37-15-14-34-12-13-35(17-23(34)36)21-6-4-19(5-7-21)26-31-25-24(22(28)16-29-27(25)32-26)30-20-8-10-33(3)11-9-20/h4-7,16,18,20H,8-15,17H2,1-3H3,(H2,29,30,31,32). The summed E-state index contributed by atoms with van der Waals surface area (Å²) in [5, 5.41) is 3.71. The van der Waals surface area contributed by atoms with Crippen molar-refractivity contribution < 1.29 is 9.53 Å². The van der Waals surface area contributed by atoms with Crippen LogP contribution in [0.25, 0.3) is 22.6 Å². The first kappa shape index (κ1) is 25.9. The van der Waals surface area contributed by atoms with Gasteiger partial charge in [-0.2, -0.15) is 0 Å². The van der Waals surface area contributed by atoms with Crippen LogP contribution < -0.4 is 10.2 Å². The van der Waals surface area contributed by atoms with Crippen molar-refractivity contribution in [3.05, 3.63) is 34.9 Å². The minimum atomic E-state index is 0.140. The number of piperazine rings is 1. The molecule has 198 valence electrons. The summed E-state index contributed by atoms with van der Waals surface area (Å²) >= 11 is 3.67. The number of fused-ring (bicyclic) bond motifs is 1. The molecule has 10 heteroatoms. The van der Waals surface area contributed by atoms with E-state index >= 15 is 0 Å². The number of likely N-dealkylation sites (tertiary alicyclic amines) is 1. The molecular formula is C27H36BrN7O2. The van der Waals surface area contributed by atoms with E-state index in [0.717, 1.165) is 70.9 Å². The monoisotopic (exact) mass is 569 g/mol. The van der Waals surface area contributed by atoms with Gasteiger partial charge in [0, 0.05) is 43.1 Å². The first-order valence-electron chi connectivity index (χ1n) is 13.1. The predicted molar refractivity (Wildman–Crippen MR) is 151 cm³/mol. The molecule has 5 rings (SSSR count). The van der Waals surface area contributed by atoms with Gasteiger partial charge < -0.3 is 29.7 Å². The van der Waals surface area contributed by atoms with Crippen LogP contribution in [0.4, 0.5) is 11.4 Å². The third kappa shape index (κ3) is 6.08. The molecule has 0 atom stereocenters. The Labute approximate surface area is 226 Å². The summed E-state index contributed by atoms with van der Waals surface area (Å²) in [6.45, 7) is 9.33. The maximum absolute atomic E-state index is 12.7. The summed E-state index contributed by atoms with van der Waals surface area (Å²) in [4.78, 5) is 31.9. The molecule has 2 aliphatic heterocycles. The molecule has 0 unspecified atom stereocenters. The molecule has 2 N–H and O–H groups in total. The highest BCUT2D eigenvalue weighted by atomic mass is 79.9. The first-order valence-corrected chi connectivity index (χ1v) is 13.9. The number of anilines is 2. The fraction of sp³-hybridized carbons (Fsp3) is 0.519. The number of amides is 1. The fourth-order valence-electron chi connectivity index (χ4n) is 4.96. The smallest absolute Gasteiger partial charge is 0.242 e. The Balaban J connectivity index is 1.27. The molecular weight excluding hydrogens is 534 g/mol. The Kier molecular flexibility index (Phi) is 7.97. The van der Waals surface area contributed by atoms with Crippen molar-refractivity contribution >= 4 is 44.4 Å². The van der Waals surface area contributed by atoms with E-state index in [9.17, 15) is 4.79 Å². The lowest BCUT2D eigenvalue weighted by Crippen LogP contribution is -2.51. The summed E-state index contributed by atoms with van der Waals surface area (Å²) in [6.07, 6.45) is 4.22. The van der Waals surface area contributed by atoms with Crippen LogP contribution in [0.15, 0.2) is 34.9 Å². The number of rotatable bonds is 8. The number of carbonyl (C=O) groups is 1. The number of carbonyl (C=O) groups excluding carboxylic acids is 1. The molecule has 1 aromatic carbocycles. The van der Waals surface area contributed by atoms with Crippen LogP contribution in [0.1, 0.15) is 26.7 Å². The van der Waals surface area contributed by atoms with Gasteiger partial charge in [-0.05, 0) is 87.0 Å². The fourth-order valence-corrected chi connectivity index (χ4v) is 5.36. The van der Waals surface area contributed by atoms with Gasteiger partial charge in [-0.25, -0.2) is 9.97 Å². The number of nitrogens with zero attached hydrogens (tertiary/aromatic N) is 5. The van der Waals surface area contributed by atoms with E-state index < -0.39 is 0 Å². The zero-order valence-corrected chi connectivity index (χ0v) is 23.4. The Morgan fingerprint density at radius 3 is 2.62 bits per heavy atom. The van der Waals surface area contributed by atoms with Gasteiger partial charge in [-0.15, -0.1) is 0 Å². The quantitative estimate of drug-likeness (QED) is 0.424. The number of hydrogen-bond donors (Lipinski definition) is 2. The Hall–Kier alpha value is -2.69. The van der Waals surface area contributed by atoms with Gasteiger partial charge in [0.15, 0.2) is 5.65 Å². The molecule has 2 aliphatic rings. The molecule has 1 amide bonds. The van der Waals surface area contributed by atoms with Crippen LogP contribution in [0.3, 0.4) is 0 Å². The third-order valence-electron chi connectivity index (χ3n) is 7.17. The molecule has 9 nitrogen and oxygen atoms in total. The Morgan fingerprint density at radius 2 is 1.92 bits per heavy atom. The maximum Gasteiger partial charge on any atom is 0.242 e.